The van der Waals surface area contributed by atoms with E-state index in [1.807, 2.05) is 25.2 Å². The van der Waals surface area contributed by atoms with Gasteiger partial charge in [-0.1, -0.05) is 47.1 Å². The number of nitrogens with zero attached hydrogens (tertiary/aromatic N) is 4. The molecule has 0 radical (unpaired) electrons. The molecular formula is C16H13Cl2N5OS. The third-order valence-corrected chi connectivity index (χ3v) is 4.85. The largest absolute Gasteiger partial charge is 0.310 e. The van der Waals surface area contributed by atoms with Crippen LogP contribution in [0.15, 0.2) is 47.8 Å². The predicted molar refractivity (Wildman–Crippen MR) is 100 cm³/mol. The molecule has 0 aliphatic carbocycles. The number of aromatic nitrogens is 4. The van der Waals surface area contributed by atoms with Crippen LogP contribution >= 0.6 is 35.0 Å². The molecule has 128 valence electrons. The molecule has 6 nitrogen and oxygen atoms in total. The molecule has 25 heavy (non-hydrogen) atoms. The fourth-order valence-electron chi connectivity index (χ4n) is 2.08. The van der Waals surface area contributed by atoms with E-state index in [9.17, 15) is 4.79 Å². The number of hydrogen-bond acceptors (Lipinski definition) is 5. The van der Waals surface area contributed by atoms with Crippen molar-refractivity contribution >= 4 is 46.7 Å². The Bertz CT molecular complexity index is 898. The number of anilines is 1. The summed E-state index contributed by atoms with van der Waals surface area (Å²) >= 11 is 13.2. The summed E-state index contributed by atoms with van der Waals surface area (Å²) in [5, 5.41) is 12.7. The maximum Gasteiger partial charge on any atom is 0.236 e. The summed E-state index contributed by atoms with van der Waals surface area (Å²) < 4.78 is 1.81. The monoisotopic (exact) mass is 393 g/mol. The van der Waals surface area contributed by atoms with Gasteiger partial charge in [0.25, 0.3) is 0 Å². The third kappa shape index (κ3) is 4.31. The van der Waals surface area contributed by atoms with Crippen LogP contribution in [0, 0.1) is 0 Å². The lowest BCUT2D eigenvalue weighted by molar-refractivity contribution is -0.113. The van der Waals surface area contributed by atoms with Crippen molar-refractivity contribution in [2.24, 2.45) is 7.05 Å². The number of carbonyl (C=O) groups excluding carboxylic acids is 1. The van der Waals surface area contributed by atoms with Crippen LogP contribution in [0.25, 0.3) is 11.4 Å². The summed E-state index contributed by atoms with van der Waals surface area (Å²) in [4.78, 5) is 16.1. The number of carbonyl (C=O) groups is 1. The number of benzene rings is 1. The fourth-order valence-corrected chi connectivity index (χ4v) is 3.12. The van der Waals surface area contributed by atoms with Crippen molar-refractivity contribution in [2.75, 3.05) is 11.1 Å². The Morgan fingerprint density at radius 2 is 2.00 bits per heavy atom. The van der Waals surface area contributed by atoms with Gasteiger partial charge in [0.1, 0.15) is 5.82 Å². The van der Waals surface area contributed by atoms with Crippen molar-refractivity contribution in [3.8, 4) is 11.4 Å². The highest BCUT2D eigenvalue weighted by Crippen LogP contribution is 2.28. The van der Waals surface area contributed by atoms with Gasteiger partial charge in [-0.15, -0.1) is 10.2 Å². The van der Waals surface area contributed by atoms with Crippen LogP contribution in [0.5, 0.6) is 0 Å². The summed E-state index contributed by atoms with van der Waals surface area (Å²) in [6, 6.07) is 10.7. The molecule has 0 aliphatic rings. The lowest BCUT2D eigenvalue weighted by atomic mass is 10.2. The minimum Gasteiger partial charge on any atom is -0.310 e. The maximum atomic E-state index is 12.0. The number of amides is 1. The van der Waals surface area contributed by atoms with Crippen molar-refractivity contribution in [2.45, 2.75) is 5.16 Å². The van der Waals surface area contributed by atoms with Crippen LogP contribution in [0.2, 0.25) is 10.0 Å². The van der Waals surface area contributed by atoms with E-state index in [0.29, 0.717) is 26.8 Å². The zero-order valence-electron chi connectivity index (χ0n) is 13.1. The Hall–Kier alpha value is -2.09. The summed E-state index contributed by atoms with van der Waals surface area (Å²) in [6.45, 7) is 0. The third-order valence-electron chi connectivity index (χ3n) is 3.28. The van der Waals surface area contributed by atoms with Crippen LogP contribution < -0.4 is 5.32 Å². The van der Waals surface area contributed by atoms with Crippen LogP contribution in [0.1, 0.15) is 0 Å². The topological polar surface area (TPSA) is 72.7 Å². The first-order chi connectivity index (χ1) is 12.0. The van der Waals surface area contributed by atoms with E-state index in [-0.39, 0.29) is 11.7 Å². The van der Waals surface area contributed by atoms with E-state index in [2.05, 4.69) is 20.5 Å². The van der Waals surface area contributed by atoms with Crippen LogP contribution in [-0.2, 0) is 11.8 Å². The maximum absolute atomic E-state index is 12.0. The molecule has 1 aromatic carbocycles. The van der Waals surface area contributed by atoms with E-state index in [1.54, 1.807) is 22.8 Å². The molecule has 0 fully saturated rings. The minimum atomic E-state index is -0.192. The Morgan fingerprint density at radius 1 is 1.20 bits per heavy atom. The van der Waals surface area contributed by atoms with Crippen molar-refractivity contribution in [1.29, 1.82) is 0 Å². The van der Waals surface area contributed by atoms with Gasteiger partial charge in [0.15, 0.2) is 11.0 Å². The molecule has 3 rings (SSSR count). The van der Waals surface area contributed by atoms with E-state index in [0.717, 1.165) is 5.56 Å². The molecule has 1 amide bonds. The molecule has 0 spiro atoms. The first-order valence-electron chi connectivity index (χ1n) is 7.23. The van der Waals surface area contributed by atoms with Gasteiger partial charge in [-0.05, 0) is 24.3 Å². The van der Waals surface area contributed by atoms with Gasteiger partial charge >= 0.3 is 0 Å². The Kier molecular flexibility index (Phi) is 5.57. The Balaban J connectivity index is 1.65. The van der Waals surface area contributed by atoms with Crippen molar-refractivity contribution in [3.05, 3.63) is 52.6 Å². The second-order valence-corrected chi connectivity index (χ2v) is 6.83. The molecule has 0 unspecified atom stereocenters. The van der Waals surface area contributed by atoms with E-state index in [4.69, 9.17) is 23.2 Å². The zero-order valence-corrected chi connectivity index (χ0v) is 15.4. The van der Waals surface area contributed by atoms with Gasteiger partial charge in [0, 0.05) is 18.8 Å². The standard InChI is InChI=1S/C16H13Cl2N5OS/c1-23-15(11-4-2-3-5-12(11)18)21-22-16(23)25-9-14(24)20-13-7-6-10(17)8-19-13/h2-8H,9H2,1H3,(H,19,20,24). The number of pyridine rings is 1. The van der Waals surface area contributed by atoms with Gasteiger partial charge in [-0.3, -0.25) is 4.79 Å². The summed E-state index contributed by atoms with van der Waals surface area (Å²) in [7, 11) is 1.83. The van der Waals surface area contributed by atoms with E-state index < -0.39 is 0 Å². The predicted octanol–water partition coefficient (Wildman–Crippen LogP) is 3.91. The van der Waals surface area contributed by atoms with E-state index >= 15 is 0 Å². The van der Waals surface area contributed by atoms with Gasteiger partial charge in [0.05, 0.1) is 15.8 Å². The fraction of sp³-hybridized carbons (Fsp3) is 0.125. The highest BCUT2D eigenvalue weighted by atomic mass is 35.5. The Labute approximate surface area is 158 Å². The lowest BCUT2D eigenvalue weighted by Crippen LogP contribution is -2.15. The highest BCUT2D eigenvalue weighted by Gasteiger charge is 2.15. The lowest BCUT2D eigenvalue weighted by Gasteiger charge is -2.06. The van der Waals surface area contributed by atoms with Gasteiger partial charge in [0.2, 0.25) is 5.91 Å². The first-order valence-corrected chi connectivity index (χ1v) is 8.97. The minimum absolute atomic E-state index is 0.179. The average molecular weight is 394 g/mol. The quantitative estimate of drug-likeness (QED) is 0.665. The molecule has 0 saturated heterocycles. The molecule has 0 bridgehead atoms. The second kappa shape index (κ2) is 7.86. The smallest absolute Gasteiger partial charge is 0.236 e. The summed E-state index contributed by atoms with van der Waals surface area (Å²) in [6.07, 6.45) is 1.48. The van der Waals surface area contributed by atoms with Crippen LogP contribution in [0.3, 0.4) is 0 Å². The second-order valence-electron chi connectivity index (χ2n) is 5.04. The number of thioether (sulfide) groups is 1. The zero-order chi connectivity index (χ0) is 17.8. The van der Waals surface area contributed by atoms with Crippen molar-refractivity contribution < 1.29 is 4.79 Å². The van der Waals surface area contributed by atoms with Crippen LogP contribution in [0.4, 0.5) is 5.82 Å². The van der Waals surface area contributed by atoms with Gasteiger partial charge < -0.3 is 9.88 Å². The number of hydrogen-bond donors (Lipinski definition) is 1. The number of nitrogens with one attached hydrogen (secondary N) is 1. The molecule has 3 aromatic rings. The van der Waals surface area contributed by atoms with Crippen molar-refractivity contribution in [3.63, 3.8) is 0 Å². The van der Waals surface area contributed by atoms with Crippen LogP contribution in [-0.4, -0.2) is 31.4 Å². The number of halogens is 2. The van der Waals surface area contributed by atoms with E-state index in [1.165, 1.54) is 18.0 Å². The van der Waals surface area contributed by atoms with Gasteiger partial charge in [-0.2, -0.15) is 0 Å². The average Bonchev–Trinajstić information content (AvgIpc) is 2.96. The highest BCUT2D eigenvalue weighted by molar-refractivity contribution is 7.99. The SMILES string of the molecule is Cn1c(SCC(=O)Nc2ccc(Cl)cn2)nnc1-c1ccccc1Cl. The molecule has 2 heterocycles. The molecule has 0 saturated carbocycles. The molecule has 9 heteroatoms. The molecule has 0 atom stereocenters. The van der Waals surface area contributed by atoms with Crippen molar-refractivity contribution in [1.82, 2.24) is 19.7 Å². The Morgan fingerprint density at radius 3 is 2.72 bits per heavy atom. The summed E-state index contributed by atoms with van der Waals surface area (Å²) in [5.74, 6) is 1.08. The molecular weight excluding hydrogens is 381 g/mol. The van der Waals surface area contributed by atoms with Gasteiger partial charge in [-0.25, -0.2) is 4.98 Å². The normalized spacial score (nSPS) is 10.7. The number of rotatable bonds is 5. The summed E-state index contributed by atoms with van der Waals surface area (Å²) in [5.41, 5.74) is 0.792. The molecule has 1 N–H and O–H groups in total. The first kappa shape index (κ1) is 17.7. The molecule has 2 aromatic heterocycles. The molecule has 0 aliphatic heterocycles.